The fourth-order valence-electron chi connectivity index (χ4n) is 2.00. The van der Waals surface area contributed by atoms with Crippen molar-refractivity contribution < 1.29 is 14.6 Å². The minimum Gasteiger partial charge on any atom is -0.381 e. The SMILES string of the molecule is COC1CC(Nc2ccc([N+](=O)[O-])cc2[N+](=O)[O-])C1. The zero-order chi connectivity index (χ0) is 14.0. The van der Waals surface area contributed by atoms with E-state index in [2.05, 4.69) is 5.32 Å². The first-order chi connectivity index (χ1) is 9.01. The Balaban J connectivity index is 2.16. The van der Waals surface area contributed by atoms with Crippen molar-refractivity contribution >= 4 is 17.1 Å². The highest BCUT2D eigenvalue weighted by molar-refractivity contribution is 5.65. The van der Waals surface area contributed by atoms with Gasteiger partial charge in [0.1, 0.15) is 5.69 Å². The summed E-state index contributed by atoms with van der Waals surface area (Å²) in [7, 11) is 1.62. The number of hydrogen-bond acceptors (Lipinski definition) is 6. The van der Waals surface area contributed by atoms with E-state index in [1.54, 1.807) is 7.11 Å². The molecular formula is C11H13N3O5. The number of hydrogen-bond donors (Lipinski definition) is 1. The van der Waals surface area contributed by atoms with E-state index in [0.717, 1.165) is 18.9 Å². The molecule has 8 nitrogen and oxygen atoms in total. The van der Waals surface area contributed by atoms with Gasteiger partial charge in [0.05, 0.1) is 22.0 Å². The summed E-state index contributed by atoms with van der Waals surface area (Å²) in [5, 5.41) is 24.5. The molecule has 1 saturated carbocycles. The van der Waals surface area contributed by atoms with Gasteiger partial charge in [0, 0.05) is 19.2 Å². The van der Waals surface area contributed by atoms with Crippen LogP contribution in [0, 0.1) is 20.2 Å². The van der Waals surface area contributed by atoms with Crippen molar-refractivity contribution in [3.8, 4) is 0 Å². The average Bonchev–Trinajstić information content (AvgIpc) is 2.32. The topological polar surface area (TPSA) is 108 Å². The molecule has 1 aromatic carbocycles. The van der Waals surface area contributed by atoms with E-state index >= 15 is 0 Å². The van der Waals surface area contributed by atoms with E-state index in [4.69, 9.17) is 4.74 Å². The summed E-state index contributed by atoms with van der Waals surface area (Å²) >= 11 is 0. The number of nitro benzene ring substituents is 2. The molecule has 2 rings (SSSR count). The standard InChI is InChI=1S/C11H13N3O5/c1-19-9-4-7(5-9)12-10-3-2-8(13(15)16)6-11(10)14(17)18/h2-3,6-7,9,12H,4-5H2,1H3. The fourth-order valence-corrected chi connectivity index (χ4v) is 2.00. The molecule has 102 valence electrons. The maximum atomic E-state index is 10.9. The van der Waals surface area contributed by atoms with E-state index in [1.807, 2.05) is 0 Å². The highest BCUT2D eigenvalue weighted by Gasteiger charge is 2.31. The summed E-state index contributed by atoms with van der Waals surface area (Å²) in [6.07, 6.45) is 1.71. The smallest absolute Gasteiger partial charge is 0.299 e. The minimum atomic E-state index is -0.652. The summed E-state index contributed by atoms with van der Waals surface area (Å²) in [6.45, 7) is 0. The van der Waals surface area contributed by atoms with E-state index in [9.17, 15) is 20.2 Å². The summed E-state index contributed by atoms with van der Waals surface area (Å²) in [5.74, 6) is 0. The lowest BCUT2D eigenvalue weighted by atomic mass is 9.89. The Bertz CT molecular complexity index is 513. The Morgan fingerprint density at radius 1 is 1.26 bits per heavy atom. The van der Waals surface area contributed by atoms with Gasteiger partial charge in [-0.25, -0.2) is 0 Å². The molecule has 0 bridgehead atoms. The van der Waals surface area contributed by atoms with Crippen molar-refractivity contribution in [3.05, 3.63) is 38.4 Å². The second-order valence-electron chi connectivity index (χ2n) is 4.39. The molecule has 1 aliphatic rings. The van der Waals surface area contributed by atoms with Gasteiger partial charge in [-0.3, -0.25) is 20.2 Å². The van der Waals surface area contributed by atoms with Crippen LogP contribution < -0.4 is 5.32 Å². The number of rotatable bonds is 5. The van der Waals surface area contributed by atoms with Crippen molar-refractivity contribution in [1.29, 1.82) is 0 Å². The van der Waals surface area contributed by atoms with Gasteiger partial charge in [-0.05, 0) is 18.9 Å². The molecule has 0 saturated heterocycles. The summed E-state index contributed by atoms with van der Waals surface area (Å²) in [5.41, 5.74) is -0.272. The highest BCUT2D eigenvalue weighted by atomic mass is 16.6. The molecule has 0 radical (unpaired) electrons. The van der Waals surface area contributed by atoms with Crippen LogP contribution in [0.1, 0.15) is 12.8 Å². The lowest BCUT2D eigenvalue weighted by molar-refractivity contribution is -0.393. The summed E-state index contributed by atoms with van der Waals surface area (Å²) in [4.78, 5) is 20.3. The number of nitrogens with one attached hydrogen (secondary N) is 1. The molecule has 0 amide bonds. The number of benzene rings is 1. The monoisotopic (exact) mass is 267 g/mol. The highest BCUT2D eigenvalue weighted by Crippen LogP contribution is 2.33. The predicted octanol–water partition coefficient (Wildman–Crippen LogP) is 2.09. The number of non-ortho nitro benzene ring substituents is 1. The number of nitro groups is 2. The van der Waals surface area contributed by atoms with Gasteiger partial charge in [-0.1, -0.05) is 0 Å². The normalized spacial score (nSPS) is 21.5. The molecule has 1 N–H and O–H groups in total. The first-order valence-corrected chi connectivity index (χ1v) is 5.73. The van der Waals surface area contributed by atoms with Gasteiger partial charge in [0.25, 0.3) is 11.4 Å². The second-order valence-corrected chi connectivity index (χ2v) is 4.39. The number of ether oxygens (including phenoxy) is 1. The van der Waals surface area contributed by atoms with Crippen molar-refractivity contribution in [2.24, 2.45) is 0 Å². The van der Waals surface area contributed by atoms with Crippen molar-refractivity contribution in [2.45, 2.75) is 25.0 Å². The molecule has 0 spiro atoms. The third-order valence-electron chi connectivity index (χ3n) is 3.18. The molecule has 0 unspecified atom stereocenters. The quantitative estimate of drug-likeness (QED) is 0.646. The van der Waals surface area contributed by atoms with Crippen LogP contribution in [-0.2, 0) is 4.74 Å². The molecule has 8 heteroatoms. The van der Waals surface area contributed by atoms with Crippen molar-refractivity contribution in [3.63, 3.8) is 0 Å². The second kappa shape index (κ2) is 5.19. The Kier molecular flexibility index (Phi) is 3.61. The summed E-state index contributed by atoms with van der Waals surface area (Å²) in [6, 6.07) is 3.69. The van der Waals surface area contributed by atoms with Crippen LogP contribution in [0.4, 0.5) is 17.1 Å². The van der Waals surface area contributed by atoms with Gasteiger partial charge >= 0.3 is 0 Å². The number of nitrogens with zero attached hydrogens (tertiary/aromatic N) is 2. The fraction of sp³-hybridized carbons (Fsp3) is 0.455. The maximum absolute atomic E-state index is 10.9. The van der Waals surface area contributed by atoms with E-state index in [1.165, 1.54) is 12.1 Å². The van der Waals surface area contributed by atoms with Crippen LogP contribution in [-0.4, -0.2) is 29.1 Å². The van der Waals surface area contributed by atoms with Crippen molar-refractivity contribution in [2.75, 3.05) is 12.4 Å². The predicted molar refractivity (Wildman–Crippen MR) is 67.2 cm³/mol. The van der Waals surface area contributed by atoms with Crippen LogP contribution >= 0.6 is 0 Å². The van der Waals surface area contributed by atoms with E-state index in [-0.39, 0.29) is 23.5 Å². The van der Waals surface area contributed by atoms with Gasteiger partial charge in [0.15, 0.2) is 0 Å². The lowest BCUT2D eigenvalue weighted by Crippen LogP contribution is -2.40. The Morgan fingerprint density at radius 3 is 2.47 bits per heavy atom. The zero-order valence-electron chi connectivity index (χ0n) is 10.2. The van der Waals surface area contributed by atoms with E-state index in [0.29, 0.717) is 5.69 Å². The number of methoxy groups -OCH3 is 1. The van der Waals surface area contributed by atoms with Crippen LogP contribution in [0.3, 0.4) is 0 Å². The average molecular weight is 267 g/mol. The van der Waals surface area contributed by atoms with Gasteiger partial charge in [-0.2, -0.15) is 0 Å². The van der Waals surface area contributed by atoms with Crippen LogP contribution in [0.25, 0.3) is 0 Å². The van der Waals surface area contributed by atoms with Gasteiger partial charge < -0.3 is 10.1 Å². The molecule has 0 aromatic heterocycles. The van der Waals surface area contributed by atoms with Crippen LogP contribution in [0.15, 0.2) is 18.2 Å². The third-order valence-corrected chi connectivity index (χ3v) is 3.18. The zero-order valence-corrected chi connectivity index (χ0v) is 10.2. The molecule has 0 heterocycles. The van der Waals surface area contributed by atoms with E-state index < -0.39 is 9.85 Å². The first-order valence-electron chi connectivity index (χ1n) is 5.73. The molecule has 0 atom stereocenters. The molecule has 1 aliphatic carbocycles. The number of anilines is 1. The molecule has 1 fully saturated rings. The lowest BCUT2D eigenvalue weighted by Gasteiger charge is -2.35. The Labute approximate surface area is 108 Å². The molecule has 0 aliphatic heterocycles. The minimum absolute atomic E-state index is 0.102. The Morgan fingerprint density at radius 2 is 1.95 bits per heavy atom. The Hall–Kier alpha value is -2.22. The van der Waals surface area contributed by atoms with Crippen molar-refractivity contribution in [1.82, 2.24) is 0 Å². The van der Waals surface area contributed by atoms with Crippen LogP contribution in [0.5, 0.6) is 0 Å². The molecule has 1 aromatic rings. The third kappa shape index (κ3) is 2.79. The first kappa shape index (κ1) is 13.2. The molecule has 19 heavy (non-hydrogen) atoms. The van der Waals surface area contributed by atoms with Crippen LogP contribution in [0.2, 0.25) is 0 Å². The van der Waals surface area contributed by atoms with Gasteiger partial charge in [0.2, 0.25) is 0 Å². The largest absolute Gasteiger partial charge is 0.381 e. The maximum Gasteiger partial charge on any atom is 0.299 e. The van der Waals surface area contributed by atoms with Gasteiger partial charge in [-0.15, -0.1) is 0 Å². The molecular weight excluding hydrogens is 254 g/mol. The summed E-state index contributed by atoms with van der Waals surface area (Å²) < 4.78 is 5.12.